The Morgan fingerprint density at radius 1 is 0.871 bits per heavy atom. The molecule has 4 rings (SSSR count). The standard InChI is InChI=1S/C27H25O3S/c1-29-22-16-13-20(14-17-22)27(28)21-15-18-26(25(19-21)30-2)31(23-9-5-3-6-10-23)24-11-7-4-8-12-24/h3-11,13-19,24H,12H2,1-2H3/q+1. The Morgan fingerprint density at radius 2 is 1.61 bits per heavy atom. The number of methoxy groups -OCH3 is 2. The normalized spacial score (nSPS) is 16.0. The van der Waals surface area contributed by atoms with E-state index in [1.165, 1.54) is 4.90 Å². The lowest BCUT2D eigenvalue weighted by Gasteiger charge is -2.18. The maximum Gasteiger partial charge on any atom is 0.203 e. The van der Waals surface area contributed by atoms with Crippen LogP contribution in [0.25, 0.3) is 0 Å². The quantitative estimate of drug-likeness (QED) is 0.349. The third-order valence-corrected chi connectivity index (χ3v) is 7.80. The minimum atomic E-state index is -0.210. The Hall–Kier alpha value is -3.24. The first-order chi connectivity index (χ1) is 15.2. The van der Waals surface area contributed by atoms with Crippen LogP contribution in [0.3, 0.4) is 0 Å². The highest BCUT2D eigenvalue weighted by Gasteiger charge is 2.36. The van der Waals surface area contributed by atoms with Crippen molar-refractivity contribution in [3.05, 3.63) is 108 Å². The minimum Gasteiger partial charge on any atom is -0.497 e. The molecule has 0 heterocycles. The fraction of sp³-hybridized carbons (Fsp3) is 0.148. The van der Waals surface area contributed by atoms with E-state index in [9.17, 15) is 4.79 Å². The first-order valence-corrected chi connectivity index (χ1v) is 11.5. The average molecular weight is 430 g/mol. The lowest BCUT2D eigenvalue weighted by atomic mass is 10.0. The monoisotopic (exact) mass is 429 g/mol. The molecule has 0 N–H and O–H groups in total. The van der Waals surface area contributed by atoms with Gasteiger partial charge in [-0.25, -0.2) is 0 Å². The fourth-order valence-corrected chi connectivity index (χ4v) is 6.17. The van der Waals surface area contributed by atoms with Gasteiger partial charge in [-0.1, -0.05) is 36.4 Å². The van der Waals surface area contributed by atoms with Crippen molar-refractivity contribution in [1.82, 2.24) is 0 Å². The molecule has 3 aromatic rings. The smallest absolute Gasteiger partial charge is 0.203 e. The number of carbonyl (C=O) groups excluding carboxylic acids is 1. The first-order valence-electron chi connectivity index (χ1n) is 10.2. The van der Waals surface area contributed by atoms with Crippen molar-refractivity contribution in [3.8, 4) is 11.5 Å². The lowest BCUT2D eigenvalue weighted by molar-refractivity contribution is 0.103. The van der Waals surface area contributed by atoms with Crippen molar-refractivity contribution in [2.45, 2.75) is 21.5 Å². The van der Waals surface area contributed by atoms with Gasteiger partial charge in [-0.15, -0.1) is 0 Å². The van der Waals surface area contributed by atoms with Gasteiger partial charge in [-0.05, 0) is 60.7 Å². The van der Waals surface area contributed by atoms with E-state index in [2.05, 4.69) is 54.6 Å². The summed E-state index contributed by atoms with van der Waals surface area (Å²) >= 11 is 0. The average Bonchev–Trinajstić information content (AvgIpc) is 2.85. The van der Waals surface area contributed by atoms with Crippen LogP contribution in [-0.4, -0.2) is 25.3 Å². The second-order valence-electron chi connectivity index (χ2n) is 7.16. The van der Waals surface area contributed by atoms with Crippen molar-refractivity contribution in [2.75, 3.05) is 14.2 Å². The highest BCUT2D eigenvalue weighted by Crippen LogP contribution is 2.37. The van der Waals surface area contributed by atoms with Crippen molar-refractivity contribution in [2.24, 2.45) is 0 Å². The molecule has 0 aromatic heterocycles. The predicted octanol–water partition coefficient (Wildman–Crippen LogP) is 5.86. The molecule has 1 aliphatic carbocycles. The van der Waals surface area contributed by atoms with Crippen LogP contribution in [0.2, 0.25) is 0 Å². The van der Waals surface area contributed by atoms with Gasteiger partial charge < -0.3 is 9.47 Å². The Morgan fingerprint density at radius 3 is 2.26 bits per heavy atom. The Balaban J connectivity index is 1.72. The summed E-state index contributed by atoms with van der Waals surface area (Å²) in [6.07, 6.45) is 9.67. The first kappa shape index (κ1) is 21.0. The zero-order chi connectivity index (χ0) is 21.6. The van der Waals surface area contributed by atoms with Gasteiger partial charge in [-0.3, -0.25) is 4.79 Å². The minimum absolute atomic E-state index is 0.0346. The number of hydrogen-bond acceptors (Lipinski definition) is 3. The van der Waals surface area contributed by atoms with Crippen LogP contribution < -0.4 is 9.47 Å². The van der Waals surface area contributed by atoms with Crippen LogP contribution in [0.5, 0.6) is 11.5 Å². The molecule has 0 saturated heterocycles. The third-order valence-electron chi connectivity index (χ3n) is 5.26. The fourth-order valence-electron chi connectivity index (χ4n) is 3.66. The summed E-state index contributed by atoms with van der Waals surface area (Å²) < 4.78 is 11.0. The second-order valence-corrected chi connectivity index (χ2v) is 9.35. The van der Waals surface area contributed by atoms with Crippen LogP contribution in [0, 0.1) is 0 Å². The number of carbonyl (C=O) groups is 1. The zero-order valence-corrected chi connectivity index (χ0v) is 18.5. The second kappa shape index (κ2) is 9.71. The highest BCUT2D eigenvalue weighted by atomic mass is 32.2. The molecule has 0 saturated carbocycles. The molecule has 0 spiro atoms. The zero-order valence-electron chi connectivity index (χ0n) is 17.7. The van der Waals surface area contributed by atoms with Gasteiger partial charge in [0.15, 0.2) is 21.7 Å². The van der Waals surface area contributed by atoms with Crippen LogP contribution in [-0.2, 0) is 10.9 Å². The van der Waals surface area contributed by atoms with Gasteiger partial charge in [0.2, 0.25) is 4.90 Å². The van der Waals surface area contributed by atoms with E-state index < -0.39 is 0 Å². The third kappa shape index (κ3) is 4.59. The molecule has 156 valence electrons. The van der Waals surface area contributed by atoms with E-state index in [1.807, 2.05) is 18.2 Å². The molecule has 4 heteroatoms. The summed E-state index contributed by atoms with van der Waals surface area (Å²) in [6, 6.07) is 23.5. The van der Waals surface area contributed by atoms with Gasteiger partial charge in [0, 0.05) is 17.5 Å². The van der Waals surface area contributed by atoms with E-state index in [-0.39, 0.29) is 16.7 Å². The number of benzene rings is 3. The molecule has 0 radical (unpaired) electrons. The summed E-state index contributed by atoms with van der Waals surface area (Å²) in [5.41, 5.74) is 1.24. The number of hydrogen-bond donors (Lipinski definition) is 0. The molecular formula is C27H25O3S+. The molecule has 2 unspecified atom stereocenters. The molecule has 2 atom stereocenters. The molecule has 1 aliphatic rings. The van der Waals surface area contributed by atoms with Crippen LogP contribution >= 0.6 is 0 Å². The summed E-state index contributed by atoms with van der Waals surface area (Å²) in [5.74, 6) is 1.44. The van der Waals surface area contributed by atoms with Crippen molar-refractivity contribution in [1.29, 1.82) is 0 Å². The van der Waals surface area contributed by atoms with Crippen molar-refractivity contribution < 1.29 is 14.3 Å². The molecule has 0 fully saturated rings. The molecular weight excluding hydrogens is 404 g/mol. The number of allylic oxidation sites excluding steroid dienone is 3. The van der Waals surface area contributed by atoms with Gasteiger partial charge in [-0.2, -0.15) is 0 Å². The van der Waals surface area contributed by atoms with E-state index in [1.54, 1.807) is 38.5 Å². The Kier molecular flexibility index (Phi) is 6.58. The van der Waals surface area contributed by atoms with E-state index in [0.29, 0.717) is 16.4 Å². The molecule has 0 amide bonds. The highest BCUT2D eigenvalue weighted by molar-refractivity contribution is 7.97. The molecule has 0 aliphatic heterocycles. The lowest BCUT2D eigenvalue weighted by Crippen LogP contribution is -2.21. The molecule has 3 aromatic carbocycles. The SMILES string of the molecule is COc1ccc(C(=O)c2ccc([S+](c3ccccc3)C3C=CC=CC3)c(OC)c2)cc1. The maximum absolute atomic E-state index is 13.1. The van der Waals surface area contributed by atoms with E-state index >= 15 is 0 Å². The Labute approximate surface area is 186 Å². The summed E-state index contributed by atoms with van der Waals surface area (Å²) in [6.45, 7) is 0. The van der Waals surface area contributed by atoms with Gasteiger partial charge in [0.25, 0.3) is 0 Å². The summed E-state index contributed by atoms with van der Waals surface area (Å²) in [4.78, 5) is 15.4. The largest absolute Gasteiger partial charge is 0.497 e. The van der Waals surface area contributed by atoms with Gasteiger partial charge in [0.1, 0.15) is 5.75 Å². The molecule has 3 nitrogen and oxygen atoms in total. The van der Waals surface area contributed by atoms with Gasteiger partial charge in [0.05, 0.1) is 25.1 Å². The molecule has 31 heavy (non-hydrogen) atoms. The number of rotatable bonds is 7. The van der Waals surface area contributed by atoms with Crippen molar-refractivity contribution in [3.63, 3.8) is 0 Å². The van der Waals surface area contributed by atoms with Crippen LogP contribution in [0.1, 0.15) is 22.3 Å². The Bertz CT molecular complexity index is 1100. The van der Waals surface area contributed by atoms with Crippen LogP contribution in [0.4, 0.5) is 0 Å². The van der Waals surface area contributed by atoms with Gasteiger partial charge >= 0.3 is 0 Å². The maximum atomic E-state index is 13.1. The van der Waals surface area contributed by atoms with Crippen molar-refractivity contribution >= 4 is 16.7 Å². The number of ketones is 1. The van der Waals surface area contributed by atoms with E-state index in [0.717, 1.165) is 22.8 Å². The van der Waals surface area contributed by atoms with Crippen LogP contribution in [0.15, 0.2) is 107 Å². The van der Waals surface area contributed by atoms with E-state index in [4.69, 9.17) is 9.47 Å². The summed E-state index contributed by atoms with van der Waals surface area (Å²) in [7, 11) is 3.07. The molecule has 0 bridgehead atoms. The predicted molar refractivity (Wildman–Crippen MR) is 126 cm³/mol. The summed E-state index contributed by atoms with van der Waals surface area (Å²) in [5, 5.41) is 0.351. The number of ether oxygens (including phenoxy) is 2. The topological polar surface area (TPSA) is 35.5 Å².